The zero-order valence-electron chi connectivity index (χ0n) is 15.1. The molecule has 142 valence electrons. The minimum absolute atomic E-state index is 0.238. The molecule has 2 N–H and O–H groups in total. The molecular weight excluding hydrogens is 378 g/mol. The van der Waals surface area contributed by atoms with Crippen molar-refractivity contribution in [1.29, 1.82) is 0 Å². The summed E-state index contributed by atoms with van der Waals surface area (Å²) in [6, 6.07) is 14.6. The largest absolute Gasteiger partial charge is 0.484 e. The lowest BCUT2D eigenvalue weighted by molar-refractivity contribution is -0.128. The third-order valence-electron chi connectivity index (χ3n) is 3.90. The van der Waals surface area contributed by atoms with Crippen LogP contribution in [0.3, 0.4) is 0 Å². The minimum Gasteiger partial charge on any atom is -0.484 e. The van der Waals surface area contributed by atoms with E-state index < -0.39 is 11.8 Å². The standard InChI is InChI=1S/C21H18ClN3O3/c1-14-12-17(8-9-18(14)22)28-13-20(27)25-24-19(26)10-7-16-5-2-4-15-6-3-11-23-21(15)16/h2-12H,13H2,1H3,(H,24,26)(H,25,27)/b10-7+. The number of carbonyl (C=O) groups excluding carboxylic acids is 2. The number of carbonyl (C=O) groups is 2. The molecule has 0 spiro atoms. The number of nitrogens with one attached hydrogen (secondary N) is 2. The summed E-state index contributed by atoms with van der Waals surface area (Å²) in [5, 5.41) is 1.60. The molecule has 3 rings (SSSR count). The number of nitrogens with zero attached hydrogens (tertiary/aromatic N) is 1. The van der Waals surface area contributed by atoms with Crippen molar-refractivity contribution in [2.45, 2.75) is 6.92 Å². The van der Waals surface area contributed by atoms with E-state index in [1.54, 1.807) is 30.5 Å². The molecule has 0 radical (unpaired) electrons. The van der Waals surface area contributed by atoms with Crippen molar-refractivity contribution < 1.29 is 14.3 Å². The van der Waals surface area contributed by atoms with Crippen LogP contribution in [0.2, 0.25) is 5.02 Å². The molecule has 0 aliphatic rings. The van der Waals surface area contributed by atoms with Crippen LogP contribution in [0.25, 0.3) is 17.0 Å². The van der Waals surface area contributed by atoms with Crippen LogP contribution in [0.15, 0.2) is 60.8 Å². The first kappa shape index (κ1) is 19.4. The Bertz CT molecular complexity index is 1040. The Kier molecular flexibility index (Phi) is 6.24. The van der Waals surface area contributed by atoms with E-state index in [4.69, 9.17) is 16.3 Å². The Balaban J connectivity index is 1.50. The molecule has 1 heterocycles. The maximum Gasteiger partial charge on any atom is 0.276 e. The van der Waals surface area contributed by atoms with Crippen LogP contribution in [-0.2, 0) is 9.59 Å². The van der Waals surface area contributed by atoms with E-state index in [9.17, 15) is 9.59 Å². The Morgan fingerprint density at radius 2 is 1.96 bits per heavy atom. The molecule has 0 aliphatic heterocycles. The number of ether oxygens (including phenoxy) is 1. The number of pyridine rings is 1. The zero-order valence-corrected chi connectivity index (χ0v) is 15.9. The molecule has 0 fully saturated rings. The number of para-hydroxylation sites is 1. The van der Waals surface area contributed by atoms with Crippen LogP contribution in [-0.4, -0.2) is 23.4 Å². The molecule has 3 aromatic rings. The second-order valence-corrected chi connectivity index (χ2v) is 6.40. The number of hydrogen-bond donors (Lipinski definition) is 2. The van der Waals surface area contributed by atoms with Crippen molar-refractivity contribution in [3.05, 3.63) is 77.0 Å². The van der Waals surface area contributed by atoms with Crippen LogP contribution in [0.4, 0.5) is 0 Å². The van der Waals surface area contributed by atoms with E-state index >= 15 is 0 Å². The van der Waals surface area contributed by atoms with Gasteiger partial charge in [-0.15, -0.1) is 0 Å². The Labute approximate surface area is 167 Å². The second-order valence-electron chi connectivity index (χ2n) is 5.99. The fraction of sp³-hybridized carbons (Fsp3) is 0.0952. The molecule has 0 aliphatic carbocycles. The average Bonchev–Trinajstić information content (AvgIpc) is 2.71. The molecule has 0 atom stereocenters. The molecule has 28 heavy (non-hydrogen) atoms. The normalized spacial score (nSPS) is 10.8. The Morgan fingerprint density at radius 1 is 1.14 bits per heavy atom. The van der Waals surface area contributed by atoms with Gasteiger partial charge in [0, 0.05) is 28.2 Å². The van der Waals surface area contributed by atoms with E-state index in [0.29, 0.717) is 10.8 Å². The third-order valence-corrected chi connectivity index (χ3v) is 4.33. The van der Waals surface area contributed by atoms with Gasteiger partial charge in [0.15, 0.2) is 6.61 Å². The molecule has 6 nitrogen and oxygen atoms in total. The van der Waals surface area contributed by atoms with Crippen molar-refractivity contribution >= 4 is 40.4 Å². The highest BCUT2D eigenvalue weighted by molar-refractivity contribution is 6.31. The van der Waals surface area contributed by atoms with Gasteiger partial charge in [-0.25, -0.2) is 0 Å². The van der Waals surface area contributed by atoms with Gasteiger partial charge in [-0.3, -0.25) is 25.4 Å². The van der Waals surface area contributed by atoms with E-state index in [0.717, 1.165) is 22.0 Å². The van der Waals surface area contributed by atoms with Gasteiger partial charge in [-0.1, -0.05) is 35.9 Å². The predicted octanol–water partition coefficient (Wildman–Crippen LogP) is 3.44. The fourth-order valence-corrected chi connectivity index (χ4v) is 2.61. The molecule has 0 bridgehead atoms. The number of benzene rings is 2. The summed E-state index contributed by atoms with van der Waals surface area (Å²) >= 11 is 5.94. The summed E-state index contributed by atoms with van der Waals surface area (Å²) in [4.78, 5) is 28.1. The van der Waals surface area contributed by atoms with Crippen LogP contribution in [0, 0.1) is 6.92 Å². The molecule has 2 amide bonds. The zero-order chi connectivity index (χ0) is 19.9. The van der Waals surface area contributed by atoms with E-state index in [-0.39, 0.29) is 6.61 Å². The lowest BCUT2D eigenvalue weighted by Crippen LogP contribution is -2.43. The highest BCUT2D eigenvalue weighted by atomic mass is 35.5. The van der Waals surface area contributed by atoms with Gasteiger partial charge in [-0.05, 0) is 42.8 Å². The maximum absolute atomic E-state index is 11.9. The summed E-state index contributed by atoms with van der Waals surface area (Å²) in [6.07, 6.45) is 4.67. The van der Waals surface area contributed by atoms with Crippen molar-refractivity contribution in [3.8, 4) is 5.75 Å². The minimum atomic E-state index is -0.485. The van der Waals surface area contributed by atoms with Gasteiger partial charge in [0.1, 0.15) is 5.75 Å². The van der Waals surface area contributed by atoms with Gasteiger partial charge < -0.3 is 4.74 Å². The predicted molar refractivity (Wildman–Crippen MR) is 109 cm³/mol. The summed E-state index contributed by atoms with van der Waals surface area (Å²) in [6.45, 7) is 1.60. The van der Waals surface area contributed by atoms with Gasteiger partial charge in [-0.2, -0.15) is 0 Å². The second kappa shape index (κ2) is 9.01. The molecule has 2 aromatic carbocycles. The molecule has 0 saturated heterocycles. The Morgan fingerprint density at radius 3 is 2.79 bits per heavy atom. The van der Waals surface area contributed by atoms with Crippen molar-refractivity contribution in [2.75, 3.05) is 6.61 Å². The molecule has 0 unspecified atom stereocenters. The summed E-state index contributed by atoms with van der Waals surface area (Å²) in [7, 11) is 0. The van der Waals surface area contributed by atoms with Gasteiger partial charge >= 0.3 is 0 Å². The lowest BCUT2D eigenvalue weighted by Gasteiger charge is -2.08. The topological polar surface area (TPSA) is 80.3 Å². The lowest BCUT2D eigenvalue weighted by atomic mass is 10.1. The van der Waals surface area contributed by atoms with Gasteiger partial charge in [0.2, 0.25) is 0 Å². The van der Waals surface area contributed by atoms with Crippen molar-refractivity contribution in [3.63, 3.8) is 0 Å². The van der Waals surface area contributed by atoms with E-state index in [1.807, 2.05) is 37.3 Å². The van der Waals surface area contributed by atoms with Gasteiger partial charge in [0.05, 0.1) is 5.52 Å². The van der Waals surface area contributed by atoms with Crippen LogP contribution < -0.4 is 15.6 Å². The van der Waals surface area contributed by atoms with E-state index in [2.05, 4.69) is 15.8 Å². The first-order valence-electron chi connectivity index (χ1n) is 8.52. The first-order chi connectivity index (χ1) is 13.5. The third kappa shape index (κ3) is 5.08. The number of halogens is 1. The monoisotopic (exact) mass is 395 g/mol. The number of amides is 2. The van der Waals surface area contributed by atoms with Crippen LogP contribution >= 0.6 is 11.6 Å². The number of rotatable bonds is 5. The van der Waals surface area contributed by atoms with Crippen LogP contribution in [0.1, 0.15) is 11.1 Å². The molecule has 7 heteroatoms. The van der Waals surface area contributed by atoms with Crippen molar-refractivity contribution in [1.82, 2.24) is 15.8 Å². The summed E-state index contributed by atoms with van der Waals surface area (Å²) in [5.74, 6) is -0.434. The van der Waals surface area contributed by atoms with E-state index in [1.165, 1.54) is 6.08 Å². The SMILES string of the molecule is Cc1cc(OCC(=O)NNC(=O)/C=C/c2cccc3cccnc23)ccc1Cl. The number of hydrogen-bond acceptors (Lipinski definition) is 4. The number of hydrazine groups is 1. The molecule has 0 saturated carbocycles. The highest BCUT2D eigenvalue weighted by Gasteiger charge is 2.05. The van der Waals surface area contributed by atoms with Crippen LogP contribution in [0.5, 0.6) is 5.75 Å². The number of aromatic nitrogens is 1. The summed E-state index contributed by atoms with van der Waals surface area (Å²) < 4.78 is 5.37. The quantitative estimate of drug-likeness (QED) is 0.512. The Hall–Kier alpha value is -3.38. The van der Waals surface area contributed by atoms with Crippen molar-refractivity contribution in [2.24, 2.45) is 0 Å². The number of aryl methyl sites for hydroxylation is 1. The summed E-state index contributed by atoms with van der Waals surface area (Å²) in [5.41, 5.74) is 7.06. The smallest absolute Gasteiger partial charge is 0.276 e. The van der Waals surface area contributed by atoms with Gasteiger partial charge in [0.25, 0.3) is 11.8 Å². The molecular formula is C21H18ClN3O3. The average molecular weight is 396 g/mol. The molecule has 1 aromatic heterocycles. The highest BCUT2D eigenvalue weighted by Crippen LogP contribution is 2.21. The number of fused-ring (bicyclic) bond motifs is 1. The fourth-order valence-electron chi connectivity index (χ4n) is 2.49. The first-order valence-corrected chi connectivity index (χ1v) is 8.90. The maximum atomic E-state index is 11.9.